The van der Waals surface area contributed by atoms with Crippen molar-refractivity contribution in [2.75, 3.05) is 22.4 Å². The molecule has 0 aromatic heterocycles. The monoisotopic (exact) mass is 366 g/mol. The lowest BCUT2D eigenvalue weighted by Gasteiger charge is -2.29. The molecule has 1 saturated carbocycles. The number of sulfonamides is 1. The van der Waals surface area contributed by atoms with Crippen LogP contribution in [0.5, 0.6) is 0 Å². The molecule has 0 saturated heterocycles. The Hall–Kier alpha value is -2.09. The van der Waals surface area contributed by atoms with Crippen molar-refractivity contribution in [3.8, 4) is 0 Å². The van der Waals surface area contributed by atoms with Crippen molar-refractivity contribution in [3.05, 3.63) is 23.8 Å². The average molecular weight is 366 g/mol. The second kappa shape index (κ2) is 5.72. The lowest BCUT2D eigenvalue weighted by Crippen LogP contribution is -2.34. The van der Waals surface area contributed by atoms with Gasteiger partial charge in [0, 0.05) is 12.2 Å². The number of aryl methyl sites for hydroxylation is 1. The number of nitrogens with one attached hydrogen (secondary N) is 1. The average Bonchev–Trinajstić information content (AvgIpc) is 3.08. The summed E-state index contributed by atoms with van der Waals surface area (Å²) < 4.78 is 25.1. The fourth-order valence-electron chi connectivity index (χ4n) is 3.79. The lowest BCUT2D eigenvalue weighted by molar-refractivity contribution is -0.140. The van der Waals surface area contributed by atoms with Crippen LogP contribution in [-0.4, -0.2) is 38.2 Å². The zero-order valence-electron chi connectivity index (χ0n) is 14.4. The minimum absolute atomic E-state index is 0.312. The number of nitrogens with zero attached hydrogens (tertiary/aromatic N) is 1. The first-order valence-corrected chi connectivity index (χ1v) is 10.0. The van der Waals surface area contributed by atoms with Gasteiger partial charge in [0.05, 0.1) is 23.8 Å². The van der Waals surface area contributed by atoms with E-state index in [4.69, 9.17) is 0 Å². The normalized spacial score (nSPS) is 24.4. The summed E-state index contributed by atoms with van der Waals surface area (Å²) in [7, 11) is -3.33. The van der Waals surface area contributed by atoms with E-state index < -0.39 is 33.2 Å². The fourth-order valence-corrected chi connectivity index (χ4v) is 4.79. The molecule has 1 aliphatic carbocycles. The van der Waals surface area contributed by atoms with Gasteiger partial charge in [0.15, 0.2) is 0 Å². The van der Waals surface area contributed by atoms with E-state index in [9.17, 15) is 23.1 Å². The molecule has 2 aliphatic rings. The van der Waals surface area contributed by atoms with Crippen LogP contribution in [0.2, 0.25) is 0 Å². The molecule has 1 amide bonds. The second-order valence-electron chi connectivity index (χ2n) is 7.39. The van der Waals surface area contributed by atoms with Gasteiger partial charge in [0.2, 0.25) is 15.9 Å². The summed E-state index contributed by atoms with van der Waals surface area (Å²) in [5.74, 6) is -2.51. The number of hydrogen-bond acceptors (Lipinski definition) is 4. The van der Waals surface area contributed by atoms with Gasteiger partial charge in [-0.1, -0.05) is 13.8 Å². The van der Waals surface area contributed by atoms with Crippen LogP contribution >= 0.6 is 0 Å². The van der Waals surface area contributed by atoms with E-state index in [1.54, 1.807) is 32.0 Å². The van der Waals surface area contributed by atoms with Gasteiger partial charge in [-0.15, -0.1) is 0 Å². The van der Waals surface area contributed by atoms with Crippen molar-refractivity contribution in [3.63, 3.8) is 0 Å². The van der Waals surface area contributed by atoms with E-state index in [0.29, 0.717) is 24.3 Å². The molecule has 1 heterocycles. The molecule has 2 unspecified atom stereocenters. The quantitative estimate of drug-likeness (QED) is 0.844. The van der Waals surface area contributed by atoms with Gasteiger partial charge in [-0.25, -0.2) is 8.42 Å². The highest BCUT2D eigenvalue weighted by Gasteiger charge is 2.65. The smallest absolute Gasteiger partial charge is 0.307 e. The number of benzene rings is 1. The maximum atomic E-state index is 12.4. The summed E-state index contributed by atoms with van der Waals surface area (Å²) >= 11 is 0. The van der Waals surface area contributed by atoms with Crippen molar-refractivity contribution in [1.82, 2.24) is 0 Å². The van der Waals surface area contributed by atoms with Crippen LogP contribution in [0.3, 0.4) is 0 Å². The topological polar surface area (TPSA) is 104 Å². The predicted molar refractivity (Wildman–Crippen MR) is 94.0 cm³/mol. The number of aliphatic carboxylic acids is 1. The molecule has 3 rings (SSSR count). The molecular formula is C17H22N2O5S. The van der Waals surface area contributed by atoms with Crippen molar-refractivity contribution >= 4 is 33.3 Å². The summed E-state index contributed by atoms with van der Waals surface area (Å²) in [6.45, 7) is 3.99. The van der Waals surface area contributed by atoms with Gasteiger partial charge in [0.1, 0.15) is 0 Å². The lowest BCUT2D eigenvalue weighted by atomic mass is 10.0. The van der Waals surface area contributed by atoms with Crippen LogP contribution < -0.4 is 9.62 Å². The highest BCUT2D eigenvalue weighted by atomic mass is 32.2. The third-order valence-electron chi connectivity index (χ3n) is 5.20. The van der Waals surface area contributed by atoms with E-state index in [1.807, 2.05) is 0 Å². The van der Waals surface area contributed by atoms with E-state index >= 15 is 0 Å². The number of carboxylic acid groups (broad SMARTS) is 1. The fraction of sp³-hybridized carbons (Fsp3) is 0.529. The number of fused-ring (bicyclic) bond motifs is 1. The second-order valence-corrected chi connectivity index (χ2v) is 9.29. The highest BCUT2D eigenvalue weighted by Crippen LogP contribution is 2.58. The van der Waals surface area contributed by atoms with E-state index in [-0.39, 0.29) is 5.91 Å². The molecule has 1 aromatic rings. The Bertz CT molecular complexity index is 847. The Labute approximate surface area is 147 Å². The maximum absolute atomic E-state index is 12.4. The summed E-state index contributed by atoms with van der Waals surface area (Å²) in [4.78, 5) is 23.6. The van der Waals surface area contributed by atoms with E-state index in [2.05, 4.69) is 5.32 Å². The highest BCUT2D eigenvalue weighted by molar-refractivity contribution is 7.92. The molecule has 0 radical (unpaired) electrons. The number of hydrogen-bond donors (Lipinski definition) is 2. The molecule has 0 bridgehead atoms. The molecule has 2 atom stereocenters. The molecular weight excluding hydrogens is 344 g/mol. The maximum Gasteiger partial charge on any atom is 0.307 e. The first kappa shape index (κ1) is 17.7. The number of rotatable bonds is 4. The molecule has 25 heavy (non-hydrogen) atoms. The van der Waals surface area contributed by atoms with Crippen molar-refractivity contribution in [2.45, 2.75) is 26.7 Å². The Morgan fingerprint density at radius 1 is 1.28 bits per heavy atom. The molecule has 1 aliphatic heterocycles. The van der Waals surface area contributed by atoms with Crippen molar-refractivity contribution in [2.24, 2.45) is 17.3 Å². The van der Waals surface area contributed by atoms with Crippen LogP contribution in [0.4, 0.5) is 11.4 Å². The van der Waals surface area contributed by atoms with E-state index in [0.717, 1.165) is 12.0 Å². The number of amides is 1. The number of carbonyl (C=O) groups is 2. The number of anilines is 2. The molecule has 8 heteroatoms. The minimum atomic E-state index is -3.33. The van der Waals surface area contributed by atoms with Crippen molar-refractivity contribution in [1.29, 1.82) is 0 Å². The van der Waals surface area contributed by atoms with Gasteiger partial charge in [-0.2, -0.15) is 0 Å². The molecule has 2 N–H and O–H groups in total. The summed E-state index contributed by atoms with van der Waals surface area (Å²) in [6, 6.07) is 5.12. The summed E-state index contributed by atoms with van der Waals surface area (Å²) in [5.41, 5.74) is 1.50. The van der Waals surface area contributed by atoms with Gasteiger partial charge in [-0.3, -0.25) is 13.9 Å². The Balaban J connectivity index is 1.80. The van der Waals surface area contributed by atoms with Crippen LogP contribution in [0.15, 0.2) is 18.2 Å². The Morgan fingerprint density at radius 3 is 2.52 bits per heavy atom. The van der Waals surface area contributed by atoms with Crippen molar-refractivity contribution < 1.29 is 23.1 Å². The summed E-state index contributed by atoms with van der Waals surface area (Å²) in [6.07, 6.45) is 2.63. The predicted octanol–water partition coefficient (Wildman–Crippen LogP) is 1.69. The first-order valence-electron chi connectivity index (χ1n) is 8.18. The SMILES string of the molecule is CC1(C)C(C(=O)O)C1C(=O)Nc1ccc2c(c1)CCCN2S(C)(=O)=O. The zero-order valence-corrected chi connectivity index (χ0v) is 15.3. The standard InChI is InChI=1S/C17H22N2O5S/c1-17(2)13(14(17)16(21)22)15(20)18-11-6-7-12-10(9-11)5-4-8-19(12)25(3,23)24/h6-7,9,13-14H,4-5,8H2,1-3H3,(H,18,20)(H,21,22). The Morgan fingerprint density at radius 2 is 1.96 bits per heavy atom. The third-order valence-corrected chi connectivity index (χ3v) is 6.38. The minimum Gasteiger partial charge on any atom is -0.481 e. The molecule has 1 aromatic carbocycles. The van der Waals surface area contributed by atoms with Crippen LogP contribution in [-0.2, 0) is 26.0 Å². The molecule has 1 fully saturated rings. The largest absolute Gasteiger partial charge is 0.481 e. The first-order chi connectivity index (χ1) is 11.5. The molecule has 7 nitrogen and oxygen atoms in total. The van der Waals surface area contributed by atoms with Crippen LogP contribution in [0, 0.1) is 17.3 Å². The Kier molecular flexibility index (Phi) is 4.06. The molecule has 136 valence electrons. The number of carbonyl (C=O) groups excluding carboxylic acids is 1. The van der Waals surface area contributed by atoms with Crippen LogP contribution in [0.25, 0.3) is 0 Å². The molecule has 0 spiro atoms. The van der Waals surface area contributed by atoms with Gasteiger partial charge in [0.25, 0.3) is 0 Å². The van der Waals surface area contributed by atoms with Gasteiger partial charge in [-0.05, 0) is 42.0 Å². The third kappa shape index (κ3) is 3.10. The van der Waals surface area contributed by atoms with Gasteiger partial charge < -0.3 is 10.4 Å². The zero-order chi connectivity index (χ0) is 18.6. The number of carboxylic acids is 1. The van der Waals surface area contributed by atoms with Gasteiger partial charge >= 0.3 is 5.97 Å². The van der Waals surface area contributed by atoms with E-state index in [1.165, 1.54) is 10.6 Å². The summed E-state index contributed by atoms with van der Waals surface area (Å²) in [5, 5.41) is 12.0. The van der Waals surface area contributed by atoms with Crippen LogP contribution in [0.1, 0.15) is 25.8 Å².